The van der Waals surface area contributed by atoms with Crippen molar-refractivity contribution in [1.82, 2.24) is 5.32 Å². The average Bonchev–Trinajstić information content (AvgIpc) is 1.83. The number of nitrogens with zero attached hydrogens (tertiary/aromatic N) is 1. The van der Waals surface area contributed by atoms with Crippen molar-refractivity contribution in [2.45, 2.75) is 6.92 Å². The lowest BCUT2D eigenvalue weighted by molar-refractivity contribution is -0.118. The molecule has 0 aromatic carbocycles. The van der Waals surface area contributed by atoms with Crippen LogP contribution >= 0.6 is 0 Å². The Labute approximate surface area is 53.5 Å². The van der Waals surface area contributed by atoms with E-state index in [9.17, 15) is 4.79 Å². The highest BCUT2D eigenvalue weighted by molar-refractivity contribution is 5.73. The van der Waals surface area contributed by atoms with Crippen LogP contribution in [-0.2, 0) is 4.79 Å². The highest BCUT2D eigenvalue weighted by Gasteiger charge is 1.90. The molecule has 50 valence electrons. The van der Waals surface area contributed by atoms with Crippen LogP contribution in [-0.4, -0.2) is 12.5 Å². The van der Waals surface area contributed by atoms with Gasteiger partial charge in [0.2, 0.25) is 5.91 Å². The summed E-state index contributed by atoms with van der Waals surface area (Å²) in [5, 5.41) is 5.45. The van der Waals surface area contributed by atoms with E-state index in [2.05, 4.69) is 17.0 Å². The molecule has 0 spiro atoms. The average molecular weight is 127 g/mol. The molecule has 0 unspecified atom stereocenters. The third-order valence-corrected chi connectivity index (χ3v) is 0.700. The van der Waals surface area contributed by atoms with Crippen LogP contribution in [0.3, 0.4) is 0 Å². The maximum Gasteiger partial charge on any atom is 0.217 e. The molecule has 0 aromatic heterocycles. The van der Waals surface area contributed by atoms with Crippen molar-refractivity contribution in [3.8, 4) is 0 Å². The second kappa shape index (κ2) is 3.77. The molecule has 0 saturated heterocycles. The first-order valence-corrected chi connectivity index (χ1v) is 2.46. The second-order valence-corrected chi connectivity index (χ2v) is 1.59. The quantitative estimate of drug-likeness (QED) is 0.537. The predicted octanol–water partition coefficient (Wildman–Crippen LogP) is 0.667. The van der Waals surface area contributed by atoms with E-state index in [-0.39, 0.29) is 12.5 Å². The number of nitrogens with one attached hydrogen (secondary N) is 2. The summed E-state index contributed by atoms with van der Waals surface area (Å²) in [5.41, 5.74) is 6.78. The second-order valence-electron chi connectivity index (χ2n) is 1.59. The zero-order valence-electron chi connectivity index (χ0n) is 5.27. The predicted molar refractivity (Wildman–Crippen MR) is 33.0 cm³/mol. The van der Waals surface area contributed by atoms with E-state index >= 15 is 0 Å². The van der Waals surface area contributed by atoms with Gasteiger partial charge >= 0.3 is 0 Å². The van der Waals surface area contributed by atoms with Gasteiger partial charge in [-0.3, -0.25) is 4.79 Å². The highest BCUT2D eigenvalue weighted by atomic mass is 16.1. The number of hydrogen-bond donors (Lipinski definition) is 2. The van der Waals surface area contributed by atoms with Gasteiger partial charge in [0, 0.05) is 6.92 Å². The summed E-state index contributed by atoms with van der Waals surface area (Å²) in [7, 11) is 0. The zero-order valence-corrected chi connectivity index (χ0v) is 5.27. The summed E-state index contributed by atoms with van der Waals surface area (Å²) >= 11 is 0. The fourth-order valence-electron chi connectivity index (χ4n) is 0.266. The first kappa shape index (κ1) is 7.81. The van der Waals surface area contributed by atoms with E-state index in [0.717, 1.165) is 0 Å². The standard InChI is InChI=1S/C5H9N3O/c1-4(8-6)3-7-5(2)9/h6H,1,3H2,2H3,(H,7,9). The van der Waals surface area contributed by atoms with Crippen molar-refractivity contribution in [1.29, 1.82) is 5.53 Å². The van der Waals surface area contributed by atoms with E-state index in [1.54, 1.807) is 0 Å². The molecule has 4 nitrogen and oxygen atoms in total. The zero-order chi connectivity index (χ0) is 7.28. The summed E-state index contributed by atoms with van der Waals surface area (Å²) in [5.74, 6) is -0.139. The highest BCUT2D eigenvalue weighted by Crippen LogP contribution is 1.85. The minimum Gasteiger partial charge on any atom is -0.351 e. The van der Waals surface area contributed by atoms with Crippen molar-refractivity contribution < 1.29 is 4.79 Å². The van der Waals surface area contributed by atoms with Crippen LogP contribution in [0.4, 0.5) is 0 Å². The number of carbonyl (C=O) groups excluding carboxylic acids is 1. The van der Waals surface area contributed by atoms with Crippen molar-refractivity contribution in [2.24, 2.45) is 5.11 Å². The van der Waals surface area contributed by atoms with Gasteiger partial charge in [-0.1, -0.05) is 6.58 Å². The normalized spacial score (nSPS) is 8.11. The molecular weight excluding hydrogens is 118 g/mol. The minimum absolute atomic E-state index is 0.139. The minimum atomic E-state index is -0.139. The maximum atomic E-state index is 10.2. The van der Waals surface area contributed by atoms with Crippen molar-refractivity contribution in [3.63, 3.8) is 0 Å². The number of amides is 1. The Morgan fingerprint density at radius 2 is 2.44 bits per heavy atom. The summed E-state index contributed by atoms with van der Waals surface area (Å²) in [4.78, 5) is 10.2. The molecule has 0 aliphatic carbocycles. The van der Waals surface area contributed by atoms with Crippen molar-refractivity contribution in [3.05, 3.63) is 12.3 Å². The molecule has 4 heteroatoms. The number of hydrogen-bond acceptors (Lipinski definition) is 3. The molecule has 0 heterocycles. The third kappa shape index (κ3) is 4.67. The van der Waals surface area contributed by atoms with Gasteiger partial charge in [0.1, 0.15) is 0 Å². The van der Waals surface area contributed by atoms with Crippen LogP contribution in [0.25, 0.3) is 0 Å². The van der Waals surface area contributed by atoms with Gasteiger partial charge in [0.25, 0.3) is 0 Å². The molecule has 0 saturated carbocycles. The fourth-order valence-corrected chi connectivity index (χ4v) is 0.266. The Morgan fingerprint density at radius 3 is 2.78 bits per heavy atom. The summed E-state index contributed by atoms with van der Waals surface area (Å²) < 4.78 is 0. The van der Waals surface area contributed by atoms with Crippen LogP contribution in [0.2, 0.25) is 0 Å². The first-order chi connectivity index (χ1) is 4.16. The van der Waals surface area contributed by atoms with E-state index in [0.29, 0.717) is 5.70 Å². The third-order valence-electron chi connectivity index (χ3n) is 0.700. The Morgan fingerprint density at radius 1 is 1.89 bits per heavy atom. The van der Waals surface area contributed by atoms with Crippen LogP contribution < -0.4 is 5.32 Å². The Bertz CT molecular complexity index is 141. The van der Waals surface area contributed by atoms with Gasteiger partial charge in [-0.05, 0) is 0 Å². The van der Waals surface area contributed by atoms with E-state index in [1.807, 2.05) is 0 Å². The van der Waals surface area contributed by atoms with Gasteiger partial charge in [-0.2, -0.15) is 5.11 Å². The lowest BCUT2D eigenvalue weighted by Gasteiger charge is -1.96. The summed E-state index contributed by atoms with van der Waals surface area (Å²) in [6.45, 7) is 5.04. The first-order valence-electron chi connectivity index (χ1n) is 2.46. The van der Waals surface area contributed by atoms with Crippen molar-refractivity contribution in [2.75, 3.05) is 6.54 Å². The molecule has 0 radical (unpaired) electrons. The molecule has 0 atom stereocenters. The monoisotopic (exact) mass is 127 g/mol. The molecule has 9 heavy (non-hydrogen) atoms. The molecule has 0 rings (SSSR count). The van der Waals surface area contributed by atoms with Crippen LogP contribution in [0.1, 0.15) is 6.92 Å². The lowest BCUT2D eigenvalue weighted by Crippen LogP contribution is -2.21. The largest absolute Gasteiger partial charge is 0.351 e. The summed E-state index contributed by atoms with van der Waals surface area (Å²) in [6, 6.07) is 0. The fraction of sp³-hybridized carbons (Fsp3) is 0.400. The Kier molecular flexibility index (Phi) is 3.27. The number of carbonyl (C=O) groups is 1. The lowest BCUT2D eigenvalue weighted by atomic mass is 10.5. The molecule has 0 bridgehead atoms. The topological polar surface area (TPSA) is 65.3 Å². The Balaban J connectivity index is 3.39. The van der Waals surface area contributed by atoms with E-state index < -0.39 is 0 Å². The van der Waals surface area contributed by atoms with Gasteiger partial charge < -0.3 is 5.32 Å². The van der Waals surface area contributed by atoms with Gasteiger partial charge in [0.15, 0.2) is 0 Å². The van der Waals surface area contributed by atoms with Crippen LogP contribution in [0.5, 0.6) is 0 Å². The van der Waals surface area contributed by atoms with Crippen molar-refractivity contribution >= 4 is 5.91 Å². The molecule has 0 aliphatic heterocycles. The van der Waals surface area contributed by atoms with Crippen LogP contribution in [0, 0.1) is 5.53 Å². The molecule has 1 amide bonds. The van der Waals surface area contributed by atoms with Gasteiger partial charge in [-0.25, -0.2) is 5.53 Å². The van der Waals surface area contributed by atoms with Gasteiger partial charge in [0.05, 0.1) is 12.2 Å². The molecule has 0 aliphatic rings. The molecule has 0 fully saturated rings. The molecule has 2 N–H and O–H groups in total. The maximum absolute atomic E-state index is 10.2. The summed E-state index contributed by atoms with van der Waals surface area (Å²) in [6.07, 6.45) is 0. The van der Waals surface area contributed by atoms with E-state index in [4.69, 9.17) is 5.53 Å². The van der Waals surface area contributed by atoms with Gasteiger partial charge in [-0.15, -0.1) is 0 Å². The smallest absolute Gasteiger partial charge is 0.217 e. The number of rotatable bonds is 3. The Hall–Kier alpha value is -1.19. The SMILES string of the molecule is C=C(CNC(C)=O)N=N. The van der Waals surface area contributed by atoms with Crippen LogP contribution in [0.15, 0.2) is 17.4 Å². The molecular formula is C5H9N3O. The molecule has 0 aromatic rings. The van der Waals surface area contributed by atoms with E-state index in [1.165, 1.54) is 6.92 Å².